The largest absolute Gasteiger partial charge is 0.493 e. The van der Waals surface area contributed by atoms with E-state index in [4.69, 9.17) is 4.74 Å². The number of fused-ring (bicyclic) bond motifs is 1. The van der Waals surface area contributed by atoms with Crippen LogP contribution in [0.5, 0.6) is 5.75 Å². The number of rotatable bonds is 8. The highest BCUT2D eigenvalue weighted by Gasteiger charge is 2.40. The first kappa shape index (κ1) is 20.9. The van der Waals surface area contributed by atoms with E-state index in [1.54, 1.807) is 4.90 Å². The molecule has 1 aliphatic rings. The van der Waals surface area contributed by atoms with Crippen LogP contribution in [0, 0.1) is 13.8 Å². The van der Waals surface area contributed by atoms with Gasteiger partial charge in [-0.15, -0.1) is 0 Å². The maximum atomic E-state index is 13.3. The summed E-state index contributed by atoms with van der Waals surface area (Å²) in [6.07, 6.45) is 3.30. The number of para-hydroxylation sites is 1. The highest BCUT2D eigenvalue weighted by atomic mass is 16.5. The van der Waals surface area contributed by atoms with Gasteiger partial charge >= 0.3 is 0 Å². The lowest BCUT2D eigenvalue weighted by Gasteiger charge is -2.21. The first-order valence-corrected chi connectivity index (χ1v) is 10.3. The third-order valence-electron chi connectivity index (χ3n) is 5.36. The first-order chi connectivity index (χ1) is 13.9. The Morgan fingerprint density at radius 3 is 2.55 bits per heavy atom. The summed E-state index contributed by atoms with van der Waals surface area (Å²) in [4.78, 5) is 26.8. The van der Waals surface area contributed by atoms with Crippen LogP contribution in [0.3, 0.4) is 0 Å². The van der Waals surface area contributed by atoms with Crippen LogP contribution in [-0.2, 0) is 16.1 Å². The molecule has 1 aliphatic heterocycles. The molecule has 1 heterocycles. The summed E-state index contributed by atoms with van der Waals surface area (Å²) < 4.78 is 6.01. The second-order valence-corrected chi connectivity index (χ2v) is 7.68. The predicted molar refractivity (Wildman–Crippen MR) is 115 cm³/mol. The molecule has 29 heavy (non-hydrogen) atoms. The van der Waals surface area contributed by atoms with Crippen molar-refractivity contribution in [2.24, 2.45) is 0 Å². The third-order valence-corrected chi connectivity index (χ3v) is 5.36. The number of ether oxygens (including phenoxy) is 1. The van der Waals surface area contributed by atoms with Gasteiger partial charge in [0.2, 0.25) is 5.91 Å². The Kier molecular flexibility index (Phi) is 6.57. The molecule has 0 aliphatic carbocycles. The molecular weight excluding hydrogens is 364 g/mol. The third kappa shape index (κ3) is 4.44. The van der Waals surface area contributed by atoms with Gasteiger partial charge in [0.25, 0.3) is 5.91 Å². The molecule has 2 aromatic carbocycles. The van der Waals surface area contributed by atoms with Gasteiger partial charge in [0.1, 0.15) is 11.8 Å². The standard InChI is InChI=1S/C24H30N2O3/c1-5-6-9-14-29-20-11-8-7-10-19(20)15-26-23-17(3)13-12-16(2)21(23)22(24(26)28)25-18(4)27/h7-8,10-13,22H,5-6,9,14-15H2,1-4H3,(H,25,27). The molecule has 1 atom stereocenters. The zero-order valence-electron chi connectivity index (χ0n) is 17.7. The summed E-state index contributed by atoms with van der Waals surface area (Å²) >= 11 is 0. The second kappa shape index (κ2) is 9.12. The molecule has 154 valence electrons. The SMILES string of the molecule is CCCCCOc1ccccc1CN1C(=O)C(NC(C)=O)c2c(C)ccc(C)c21. The van der Waals surface area contributed by atoms with Gasteiger partial charge in [0.05, 0.1) is 18.8 Å². The molecule has 2 amide bonds. The van der Waals surface area contributed by atoms with Crippen molar-refractivity contribution in [3.63, 3.8) is 0 Å². The molecule has 2 aromatic rings. The molecule has 3 rings (SSSR count). The Labute approximate surface area is 173 Å². The molecule has 0 bridgehead atoms. The number of amides is 2. The van der Waals surface area contributed by atoms with Crippen molar-refractivity contribution in [3.05, 3.63) is 58.7 Å². The quantitative estimate of drug-likeness (QED) is 0.666. The minimum Gasteiger partial charge on any atom is -0.493 e. The number of hydrogen-bond donors (Lipinski definition) is 1. The number of anilines is 1. The number of carbonyl (C=O) groups is 2. The Morgan fingerprint density at radius 2 is 1.83 bits per heavy atom. The normalized spacial score (nSPS) is 15.4. The number of aryl methyl sites for hydroxylation is 2. The zero-order valence-corrected chi connectivity index (χ0v) is 17.7. The summed E-state index contributed by atoms with van der Waals surface area (Å²) in [5.41, 5.74) is 4.78. The van der Waals surface area contributed by atoms with E-state index < -0.39 is 6.04 Å². The van der Waals surface area contributed by atoms with Crippen molar-refractivity contribution < 1.29 is 14.3 Å². The van der Waals surface area contributed by atoms with Crippen molar-refractivity contribution in [2.75, 3.05) is 11.5 Å². The number of unbranched alkanes of at least 4 members (excludes halogenated alkanes) is 2. The number of nitrogens with zero attached hydrogens (tertiary/aromatic N) is 1. The summed E-state index contributed by atoms with van der Waals surface area (Å²) in [6, 6.07) is 11.3. The summed E-state index contributed by atoms with van der Waals surface area (Å²) in [5.74, 6) is 0.497. The van der Waals surface area contributed by atoms with Crippen molar-refractivity contribution >= 4 is 17.5 Å². The van der Waals surface area contributed by atoms with Gasteiger partial charge in [-0.3, -0.25) is 9.59 Å². The zero-order chi connectivity index (χ0) is 21.0. The van der Waals surface area contributed by atoms with Crippen LogP contribution in [0.2, 0.25) is 0 Å². The molecule has 0 radical (unpaired) electrons. The van der Waals surface area contributed by atoms with Crippen LogP contribution in [0.4, 0.5) is 5.69 Å². The van der Waals surface area contributed by atoms with Gasteiger partial charge in [0.15, 0.2) is 0 Å². The molecule has 0 saturated carbocycles. The van der Waals surface area contributed by atoms with Crippen LogP contribution in [0.1, 0.15) is 61.4 Å². The van der Waals surface area contributed by atoms with Crippen LogP contribution >= 0.6 is 0 Å². The Balaban J connectivity index is 1.92. The van der Waals surface area contributed by atoms with E-state index in [1.165, 1.54) is 6.92 Å². The molecule has 5 heteroatoms. The molecule has 1 unspecified atom stereocenters. The van der Waals surface area contributed by atoms with Crippen LogP contribution in [-0.4, -0.2) is 18.4 Å². The number of benzene rings is 2. The summed E-state index contributed by atoms with van der Waals surface area (Å²) in [5, 5.41) is 2.83. The van der Waals surface area contributed by atoms with E-state index in [1.807, 2.05) is 50.2 Å². The Morgan fingerprint density at radius 1 is 1.10 bits per heavy atom. The van der Waals surface area contributed by atoms with Gasteiger partial charge in [-0.2, -0.15) is 0 Å². The maximum Gasteiger partial charge on any atom is 0.254 e. The molecule has 0 saturated heterocycles. The van der Waals surface area contributed by atoms with Crippen molar-refractivity contribution in [3.8, 4) is 5.75 Å². The minimum absolute atomic E-state index is 0.103. The maximum absolute atomic E-state index is 13.3. The number of hydrogen-bond acceptors (Lipinski definition) is 3. The lowest BCUT2D eigenvalue weighted by Crippen LogP contribution is -2.36. The van der Waals surface area contributed by atoms with Crippen molar-refractivity contribution in [1.29, 1.82) is 0 Å². The lowest BCUT2D eigenvalue weighted by atomic mass is 9.99. The number of nitrogens with one attached hydrogen (secondary N) is 1. The van der Waals surface area contributed by atoms with E-state index in [9.17, 15) is 9.59 Å². The topological polar surface area (TPSA) is 58.6 Å². The van der Waals surface area contributed by atoms with Gasteiger partial charge < -0.3 is 15.0 Å². The van der Waals surface area contributed by atoms with Gasteiger partial charge in [-0.05, 0) is 37.5 Å². The smallest absolute Gasteiger partial charge is 0.254 e. The van der Waals surface area contributed by atoms with Crippen LogP contribution in [0.25, 0.3) is 0 Å². The fraction of sp³-hybridized carbons (Fsp3) is 0.417. The van der Waals surface area contributed by atoms with Gasteiger partial charge in [0, 0.05) is 18.1 Å². The molecule has 0 spiro atoms. The lowest BCUT2D eigenvalue weighted by molar-refractivity contribution is -0.126. The fourth-order valence-corrected chi connectivity index (χ4v) is 3.90. The average Bonchev–Trinajstić information content (AvgIpc) is 2.96. The van der Waals surface area contributed by atoms with Gasteiger partial charge in [-0.1, -0.05) is 50.1 Å². The van der Waals surface area contributed by atoms with E-state index >= 15 is 0 Å². The second-order valence-electron chi connectivity index (χ2n) is 7.68. The van der Waals surface area contributed by atoms with Crippen LogP contribution in [0.15, 0.2) is 36.4 Å². The molecular formula is C24H30N2O3. The van der Waals surface area contributed by atoms with Gasteiger partial charge in [-0.25, -0.2) is 0 Å². The monoisotopic (exact) mass is 394 g/mol. The highest BCUT2D eigenvalue weighted by molar-refractivity contribution is 6.07. The summed E-state index contributed by atoms with van der Waals surface area (Å²) in [6.45, 7) is 8.68. The Bertz CT molecular complexity index is 907. The van der Waals surface area contributed by atoms with Crippen molar-refractivity contribution in [2.45, 2.75) is 59.5 Å². The van der Waals surface area contributed by atoms with E-state index in [0.29, 0.717) is 13.2 Å². The number of carbonyl (C=O) groups excluding carboxylic acids is 2. The molecule has 0 aromatic heterocycles. The first-order valence-electron chi connectivity index (χ1n) is 10.3. The predicted octanol–water partition coefficient (Wildman–Crippen LogP) is 4.60. The molecule has 1 N–H and O–H groups in total. The van der Waals surface area contributed by atoms with Crippen molar-refractivity contribution in [1.82, 2.24) is 5.32 Å². The van der Waals surface area contributed by atoms with E-state index in [0.717, 1.165) is 53.0 Å². The minimum atomic E-state index is -0.639. The average molecular weight is 395 g/mol. The highest BCUT2D eigenvalue weighted by Crippen LogP contribution is 2.42. The van der Waals surface area contributed by atoms with Crippen LogP contribution < -0.4 is 15.0 Å². The summed E-state index contributed by atoms with van der Waals surface area (Å²) in [7, 11) is 0. The Hall–Kier alpha value is -2.82. The van der Waals surface area contributed by atoms with E-state index in [2.05, 4.69) is 12.2 Å². The van der Waals surface area contributed by atoms with E-state index in [-0.39, 0.29) is 11.8 Å². The fourth-order valence-electron chi connectivity index (χ4n) is 3.90. The molecule has 5 nitrogen and oxygen atoms in total. The molecule has 0 fully saturated rings.